The molecular formula is C26H18ClF2N5O3S2. The van der Waals surface area contributed by atoms with Crippen LogP contribution in [0, 0.1) is 11.6 Å². The van der Waals surface area contributed by atoms with E-state index in [0.29, 0.717) is 32.5 Å². The number of benzene rings is 3. The Morgan fingerprint density at radius 1 is 0.949 bits per heavy atom. The van der Waals surface area contributed by atoms with Crippen molar-refractivity contribution < 1.29 is 13.6 Å². The number of aromatic nitrogens is 2. The van der Waals surface area contributed by atoms with E-state index in [1.165, 1.54) is 17.4 Å². The number of hydrogen-bond acceptors (Lipinski definition) is 6. The van der Waals surface area contributed by atoms with Crippen LogP contribution in [0.25, 0.3) is 16.6 Å². The second kappa shape index (κ2) is 11.3. The molecule has 4 N–H and O–H groups in total. The average molecular weight is 586 g/mol. The predicted molar refractivity (Wildman–Crippen MR) is 151 cm³/mol. The maximum Gasteiger partial charge on any atom is 0.333 e. The number of nitrogens with one attached hydrogen (secondary N) is 4. The Labute approximate surface area is 232 Å². The molecule has 5 aromatic rings. The lowest BCUT2D eigenvalue weighted by atomic mass is 10.2. The molecule has 2 amide bonds. The van der Waals surface area contributed by atoms with Gasteiger partial charge in [-0.2, -0.15) is 0 Å². The van der Waals surface area contributed by atoms with Crippen LogP contribution >= 0.6 is 34.9 Å². The van der Waals surface area contributed by atoms with E-state index in [2.05, 4.69) is 20.3 Å². The van der Waals surface area contributed by atoms with Crippen LogP contribution < -0.4 is 26.6 Å². The first-order chi connectivity index (χ1) is 18.8. The Bertz CT molecular complexity index is 1800. The third kappa shape index (κ3) is 6.14. The summed E-state index contributed by atoms with van der Waals surface area (Å²) in [4.78, 5) is 40.8. The number of nitrogens with zero attached hydrogens (tertiary/aromatic N) is 1. The van der Waals surface area contributed by atoms with E-state index in [9.17, 15) is 23.2 Å². The number of anilines is 2. The fourth-order valence-electron chi connectivity index (χ4n) is 3.72. The third-order valence-electron chi connectivity index (χ3n) is 5.55. The van der Waals surface area contributed by atoms with E-state index >= 15 is 0 Å². The highest BCUT2D eigenvalue weighted by molar-refractivity contribution is 7.99. The molecule has 0 bridgehead atoms. The first-order valence-electron chi connectivity index (χ1n) is 11.3. The van der Waals surface area contributed by atoms with Gasteiger partial charge < -0.3 is 15.6 Å². The van der Waals surface area contributed by atoms with Gasteiger partial charge in [-0.25, -0.2) is 22.9 Å². The number of hydrogen-bond donors (Lipinski definition) is 4. The Kier molecular flexibility index (Phi) is 7.68. The smallest absolute Gasteiger partial charge is 0.333 e. The van der Waals surface area contributed by atoms with E-state index in [-0.39, 0.29) is 11.9 Å². The molecule has 0 saturated carbocycles. The van der Waals surface area contributed by atoms with Crippen LogP contribution in [-0.4, -0.2) is 15.6 Å². The lowest BCUT2D eigenvalue weighted by molar-refractivity contribution is 0.257. The van der Waals surface area contributed by atoms with Crippen molar-refractivity contribution in [3.05, 3.63) is 115 Å². The average Bonchev–Trinajstić information content (AvgIpc) is 3.34. The molecule has 8 nitrogen and oxygen atoms in total. The molecule has 39 heavy (non-hydrogen) atoms. The Hall–Kier alpha value is -4.13. The third-order valence-corrected chi connectivity index (χ3v) is 7.71. The molecule has 198 valence electrons. The summed E-state index contributed by atoms with van der Waals surface area (Å²) in [6.45, 7) is 0.212. The van der Waals surface area contributed by atoms with Gasteiger partial charge in [0.1, 0.15) is 0 Å². The highest BCUT2D eigenvalue weighted by atomic mass is 35.5. The molecular weight excluding hydrogens is 568 g/mol. The second-order valence-electron chi connectivity index (χ2n) is 8.20. The van der Waals surface area contributed by atoms with Crippen molar-refractivity contribution in [2.24, 2.45) is 0 Å². The molecule has 2 heterocycles. The maximum absolute atomic E-state index is 13.4. The number of thiophene rings is 1. The van der Waals surface area contributed by atoms with Crippen LogP contribution in [0.1, 0.15) is 5.56 Å². The van der Waals surface area contributed by atoms with Crippen molar-refractivity contribution in [3.8, 4) is 5.69 Å². The molecule has 0 radical (unpaired) electrons. The number of aromatic amines is 1. The van der Waals surface area contributed by atoms with Crippen molar-refractivity contribution in [2.75, 3.05) is 10.6 Å². The van der Waals surface area contributed by atoms with Crippen molar-refractivity contribution in [1.82, 2.24) is 14.3 Å². The number of H-pyrrole nitrogens is 1. The second-order valence-corrected chi connectivity index (χ2v) is 11.0. The summed E-state index contributed by atoms with van der Waals surface area (Å²) in [5.74, 6) is -1.87. The first-order valence-corrected chi connectivity index (χ1v) is 13.3. The molecule has 0 atom stereocenters. The largest absolute Gasteiger partial charge is 0.381 e. The van der Waals surface area contributed by atoms with Crippen molar-refractivity contribution >= 4 is 63.2 Å². The topological polar surface area (TPSA) is 108 Å². The lowest BCUT2D eigenvalue weighted by Gasteiger charge is -2.11. The summed E-state index contributed by atoms with van der Waals surface area (Å²) in [7, 11) is 0. The first kappa shape index (κ1) is 26.5. The Balaban J connectivity index is 1.29. The fraction of sp³-hybridized carbons (Fsp3) is 0.0385. The number of rotatable bonds is 7. The number of carbonyl (C=O) groups is 1. The van der Waals surface area contributed by atoms with Gasteiger partial charge in [0.2, 0.25) is 0 Å². The van der Waals surface area contributed by atoms with Gasteiger partial charge in [-0.15, -0.1) is 11.3 Å². The molecule has 2 aromatic heterocycles. The van der Waals surface area contributed by atoms with Crippen LogP contribution in [0.2, 0.25) is 4.34 Å². The van der Waals surface area contributed by atoms with Crippen LogP contribution in [0.4, 0.5) is 25.0 Å². The fourth-order valence-corrected chi connectivity index (χ4v) is 5.57. The van der Waals surface area contributed by atoms with Crippen LogP contribution in [0.15, 0.2) is 86.6 Å². The van der Waals surface area contributed by atoms with Gasteiger partial charge >= 0.3 is 11.7 Å². The number of halogens is 3. The minimum absolute atomic E-state index is 0.212. The number of urea groups is 1. The summed E-state index contributed by atoms with van der Waals surface area (Å²) in [6.07, 6.45) is 0. The van der Waals surface area contributed by atoms with Crippen molar-refractivity contribution in [3.63, 3.8) is 0 Å². The predicted octanol–water partition coefficient (Wildman–Crippen LogP) is 6.11. The van der Waals surface area contributed by atoms with E-state index in [1.54, 1.807) is 54.6 Å². The Morgan fingerprint density at radius 2 is 1.72 bits per heavy atom. The van der Waals surface area contributed by atoms with Crippen LogP contribution in [0.3, 0.4) is 0 Å². The van der Waals surface area contributed by atoms with Crippen LogP contribution in [0.5, 0.6) is 0 Å². The molecule has 0 fully saturated rings. The Morgan fingerprint density at radius 3 is 2.44 bits per heavy atom. The quantitative estimate of drug-likeness (QED) is 0.172. The number of carbonyl (C=O) groups excluding carboxylic acids is 1. The standard InChI is InChI=1S/C26H18ClF2N5O3S2/c27-22-9-10-23(38-22)39-33-25(36)31-15-2-5-17(6-3-15)34-24(35)18-7-4-16(12-21(18)32-26(34)37)30-13-14-1-8-19(28)20(29)11-14/h1-12,30H,13H2,(H,32,37)(H2,31,33,36). The van der Waals surface area contributed by atoms with Crippen molar-refractivity contribution in [2.45, 2.75) is 10.8 Å². The van der Waals surface area contributed by atoms with E-state index in [4.69, 9.17) is 11.6 Å². The zero-order valence-corrected chi connectivity index (χ0v) is 22.1. The molecule has 0 aliphatic heterocycles. The maximum atomic E-state index is 13.4. The SMILES string of the molecule is O=C(NSc1ccc(Cl)s1)Nc1ccc(-n2c(=O)[nH]c3cc(NCc4ccc(F)c(F)c4)ccc3c2=O)cc1. The summed E-state index contributed by atoms with van der Waals surface area (Å²) in [5.41, 5.74) is 1.03. The van der Waals surface area contributed by atoms with Gasteiger partial charge in [-0.05, 0) is 84.2 Å². The molecule has 3 aromatic carbocycles. The molecule has 0 saturated heterocycles. The molecule has 0 unspecified atom stereocenters. The van der Waals surface area contributed by atoms with Gasteiger partial charge in [0.05, 0.1) is 25.1 Å². The number of amides is 2. The van der Waals surface area contributed by atoms with E-state index in [0.717, 1.165) is 32.9 Å². The van der Waals surface area contributed by atoms with Gasteiger partial charge in [-0.3, -0.25) is 9.52 Å². The zero-order valence-electron chi connectivity index (χ0n) is 19.8. The summed E-state index contributed by atoms with van der Waals surface area (Å²) >= 11 is 8.34. The lowest BCUT2D eigenvalue weighted by Crippen LogP contribution is -2.33. The van der Waals surface area contributed by atoms with Gasteiger partial charge in [0, 0.05) is 17.9 Å². The highest BCUT2D eigenvalue weighted by Gasteiger charge is 2.11. The van der Waals surface area contributed by atoms with Crippen molar-refractivity contribution in [1.29, 1.82) is 0 Å². The summed E-state index contributed by atoms with van der Waals surface area (Å²) in [5, 5.41) is 6.01. The zero-order chi connectivity index (χ0) is 27.5. The normalized spacial score (nSPS) is 10.9. The summed E-state index contributed by atoms with van der Waals surface area (Å²) in [6, 6.07) is 17.7. The van der Waals surface area contributed by atoms with E-state index in [1.807, 2.05) is 0 Å². The molecule has 5 rings (SSSR count). The minimum atomic E-state index is -0.941. The van der Waals surface area contributed by atoms with E-state index < -0.39 is 28.9 Å². The molecule has 13 heteroatoms. The van der Waals surface area contributed by atoms with Gasteiger partial charge in [0.25, 0.3) is 5.56 Å². The highest BCUT2D eigenvalue weighted by Crippen LogP contribution is 2.28. The molecule has 0 aliphatic rings. The van der Waals surface area contributed by atoms with Gasteiger partial charge in [-0.1, -0.05) is 17.7 Å². The molecule has 0 spiro atoms. The molecule has 0 aliphatic carbocycles. The number of fused-ring (bicyclic) bond motifs is 1. The minimum Gasteiger partial charge on any atom is -0.381 e. The van der Waals surface area contributed by atoms with Crippen LogP contribution in [-0.2, 0) is 6.54 Å². The summed E-state index contributed by atoms with van der Waals surface area (Å²) < 4.78 is 31.7. The van der Waals surface area contributed by atoms with Gasteiger partial charge in [0.15, 0.2) is 11.6 Å². The monoisotopic (exact) mass is 585 g/mol.